The minimum absolute atomic E-state index is 0.0884. The number of halogens is 1. The first-order chi connectivity index (χ1) is 8.33. The molecule has 0 saturated carbocycles. The summed E-state index contributed by atoms with van der Waals surface area (Å²) in [6.07, 6.45) is 0.0884. The fourth-order valence-electron chi connectivity index (χ4n) is 1.54. The predicted molar refractivity (Wildman–Crippen MR) is 67.1 cm³/mol. The van der Waals surface area contributed by atoms with Crippen LogP contribution in [-0.4, -0.2) is 11.4 Å². The van der Waals surface area contributed by atoms with Crippen molar-refractivity contribution in [1.82, 2.24) is 5.32 Å². The summed E-state index contributed by atoms with van der Waals surface area (Å²) in [5.41, 5.74) is -0.0189. The maximum atomic E-state index is 13.4. The fraction of sp³-hybridized carbons (Fsp3) is 0.429. The van der Waals surface area contributed by atoms with E-state index in [1.54, 1.807) is 18.2 Å². The molecule has 18 heavy (non-hydrogen) atoms. The third kappa shape index (κ3) is 4.17. The molecule has 3 nitrogen and oxygen atoms in total. The second-order valence-corrected chi connectivity index (χ2v) is 5.22. The quantitative estimate of drug-likeness (QED) is 0.893. The molecule has 1 aromatic rings. The first-order valence-corrected chi connectivity index (χ1v) is 5.78. The molecule has 1 aromatic carbocycles. The molecule has 1 unspecified atom stereocenters. The summed E-state index contributed by atoms with van der Waals surface area (Å²) in [5.74, 6) is -1.63. The normalized spacial score (nSPS) is 12.6. The van der Waals surface area contributed by atoms with Gasteiger partial charge in [-0.1, -0.05) is 18.2 Å². The van der Waals surface area contributed by atoms with Gasteiger partial charge in [-0.15, -0.1) is 0 Å². The minimum atomic E-state index is -0.874. The van der Waals surface area contributed by atoms with Crippen molar-refractivity contribution < 1.29 is 9.18 Å². The third-order valence-electron chi connectivity index (χ3n) is 2.35. The number of rotatable bonds is 3. The van der Waals surface area contributed by atoms with E-state index in [-0.39, 0.29) is 18.1 Å². The second kappa shape index (κ2) is 5.63. The van der Waals surface area contributed by atoms with Gasteiger partial charge >= 0.3 is 0 Å². The van der Waals surface area contributed by atoms with Gasteiger partial charge in [0, 0.05) is 12.0 Å². The summed E-state index contributed by atoms with van der Waals surface area (Å²) in [6, 6.07) is 8.10. The van der Waals surface area contributed by atoms with E-state index in [4.69, 9.17) is 5.26 Å². The van der Waals surface area contributed by atoms with Gasteiger partial charge < -0.3 is 5.32 Å². The van der Waals surface area contributed by atoms with E-state index in [0.717, 1.165) is 0 Å². The molecule has 0 aliphatic carbocycles. The van der Waals surface area contributed by atoms with E-state index in [1.165, 1.54) is 6.07 Å². The van der Waals surface area contributed by atoms with Crippen LogP contribution in [0.15, 0.2) is 24.3 Å². The minimum Gasteiger partial charge on any atom is -0.350 e. The Hall–Kier alpha value is -1.89. The van der Waals surface area contributed by atoms with E-state index >= 15 is 0 Å². The van der Waals surface area contributed by atoms with Crippen molar-refractivity contribution >= 4 is 5.91 Å². The molecule has 1 rings (SSSR count). The highest BCUT2D eigenvalue weighted by Crippen LogP contribution is 2.13. The monoisotopic (exact) mass is 248 g/mol. The molecular weight excluding hydrogens is 231 g/mol. The summed E-state index contributed by atoms with van der Waals surface area (Å²) < 4.78 is 13.4. The van der Waals surface area contributed by atoms with Gasteiger partial charge in [0.15, 0.2) is 0 Å². The molecule has 4 heteroatoms. The molecule has 0 aliphatic rings. The number of carbonyl (C=O) groups excluding carboxylic acids is 1. The lowest BCUT2D eigenvalue weighted by Gasteiger charge is -2.22. The number of nitrogens with zero attached hydrogens (tertiary/aromatic N) is 1. The van der Waals surface area contributed by atoms with Gasteiger partial charge in [-0.3, -0.25) is 4.79 Å². The molecule has 0 radical (unpaired) electrons. The number of hydrogen-bond donors (Lipinski definition) is 1. The summed E-state index contributed by atoms with van der Waals surface area (Å²) in [6.45, 7) is 5.51. The molecule has 0 heterocycles. The van der Waals surface area contributed by atoms with Crippen LogP contribution < -0.4 is 5.32 Å². The number of amides is 1. The predicted octanol–water partition coefficient (Wildman–Crippen LogP) is 2.42. The van der Waals surface area contributed by atoms with Gasteiger partial charge in [-0.2, -0.15) is 5.26 Å². The third-order valence-corrected chi connectivity index (χ3v) is 2.35. The first kappa shape index (κ1) is 14.2. The zero-order valence-corrected chi connectivity index (χ0v) is 10.8. The van der Waals surface area contributed by atoms with Crippen molar-refractivity contribution in [1.29, 1.82) is 5.26 Å². The van der Waals surface area contributed by atoms with Crippen LogP contribution >= 0.6 is 0 Å². The van der Waals surface area contributed by atoms with Crippen molar-refractivity contribution in [2.45, 2.75) is 32.7 Å². The van der Waals surface area contributed by atoms with Gasteiger partial charge in [0.25, 0.3) is 0 Å². The number of hydrogen-bond acceptors (Lipinski definition) is 2. The van der Waals surface area contributed by atoms with Crippen LogP contribution in [0.25, 0.3) is 0 Å². The van der Waals surface area contributed by atoms with Gasteiger partial charge in [0.05, 0.1) is 6.07 Å². The van der Waals surface area contributed by atoms with Crippen LogP contribution in [0, 0.1) is 23.1 Å². The van der Waals surface area contributed by atoms with Gasteiger partial charge in [0.2, 0.25) is 5.91 Å². The Bertz CT molecular complexity index is 471. The van der Waals surface area contributed by atoms with Crippen LogP contribution in [0.5, 0.6) is 0 Å². The van der Waals surface area contributed by atoms with Crippen molar-refractivity contribution in [3.8, 4) is 6.07 Å². The second-order valence-electron chi connectivity index (χ2n) is 5.22. The Morgan fingerprint density at radius 1 is 1.44 bits per heavy atom. The number of carbonyl (C=O) groups is 1. The molecule has 1 amide bonds. The molecule has 0 aromatic heterocycles. The van der Waals surface area contributed by atoms with Crippen LogP contribution in [0.3, 0.4) is 0 Å². The Morgan fingerprint density at radius 2 is 2.06 bits per heavy atom. The Labute approximate surface area is 107 Å². The average molecular weight is 248 g/mol. The molecule has 0 spiro atoms. The molecule has 1 atom stereocenters. The number of nitrogens with one attached hydrogen (secondary N) is 1. The van der Waals surface area contributed by atoms with E-state index in [9.17, 15) is 9.18 Å². The molecular formula is C14H17FN2O. The SMILES string of the molecule is CC(C)(C)NC(=O)C(C#N)Cc1ccccc1F. The lowest BCUT2D eigenvalue weighted by Crippen LogP contribution is -2.44. The largest absolute Gasteiger partial charge is 0.350 e. The molecule has 0 fully saturated rings. The molecule has 1 N–H and O–H groups in total. The smallest absolute Gasteiger partial charge is 0.238 e. The zero-order valence-electron chi connectivity index (χ0n) is 10.8. The lowest BCUT2D eigenvalue weighted by atomic mass is 9.98. The van der Waals surface area contributed by atoms with Crippen LogP contribution in [0.4, 0.5) is 4.39 Å². The van der Waals surface area contributed by atoms with Gasteiger partial charge in [-0.25, -0.2) is 4.39 Å². The Balaban J connectivity index is 2.78. The lowest BCUT2D eigenvalue weighted by molar-refractivity contribution is -0.124. The highest BCUT2D eigenvalue weighted by atomic mass is 19.1. The van der Waals surface area contributed by atoms with Crippen molar-refractivity contribution in [3.63, 3.8) is 0 Å². The highest BCUT2D eigenvalue weighted by molar-refractivity contribution is 5.82. The summed E-state index contributed by atoms with van der Waals surface area (Å²) in [7, 11) is 0. The fourth-order valence-corrected chi connectivity index (χ4v) is 1.54. The standard InChI is InChI=1S/C14H17FN2O/c1-14(2,3)17-13(18)11(9-16)8-10-6-4-5-7-12(10)15/h4-7,11H,8H2,1-3H3,(H,17,18). The summed E-state index contributed by atoms with van der Waals surface area (Å²) >= 11 is 0. The molecule has 0 bridgehead atoms. The summed E-state index contributed by atoms with van der Waals surface area (Å²) in [4.78, 5) is 11.8. The Kier molecular flexibility index (Phi) is 4.43. The molecule has 0 aliphatic heterocycles. The topological polar surface area (TPSA) is 52.9 Å². The van der Waals surface area contributed by atoms with Crippen LogP contribution in [0.1, 0.15) is 26.3 Å². The maximum absolute atomic E-state index is 13.4. The number of benzene rings is 1. The van der Waals surface area contributed by atoms with E-state index in [2.05, 4.69) is 5.32 Å². The first-order valence-electron chi connectivity index (χ1n) is 5.78. The zero-order chi connectivity index (χ0) is 13.8. The van der Waals surface area contributed by atoms with Gasteiger partial charge in [0.1, 0.15) is 11.7 Å². The van der Waals surface area contributed by atoms with E-state index < -0.39 is 11.5 Å². The molecule has 96 valence electrons. The Morgan fingerprint density at radius 3 is 2.56 bits per heavy atom. The van der Waals surface area contributed by atoms with Crippen LogP contribution in [-0.2, 0) is 11.2 Å². The van der Waals surface area contributed by atoms with E-state index in [1.807, 2.05) is 26.8 Å². The van der Waals surface area contributed by atoms with E-state index in [0.29, 0.717) is 5.56 Å². The van der Waals surface area contributed by atoms with Crippen molar-refractivity contribution in [3.05, 3.63) is 35.6 Å². The number of nitriles is 1. The maximum Gasteiger partial charge on any atom is 0.238 e. The van der Waals surface area contributed by atoms with Gasteiger partial charge in [-0.05, 0) is 32.4 Å². The van der Waals surface area contributed by atoms with Crippen molar-refractivity contribution in [2.24, 2.45) is 5.92 Å². The van der Waals surface area contributed by atoms with Crippen LogP contribution in [0.2, 0.25) is 0 Å². The molecule has 0 saturated heterocycles. The summed E-state index contributed by atoms with van der Waals surface area (Å²) in [5, 5.41) is 11.7. The average Bonchev–Trinajstić information content (AvgIpc) is 2.25. The van der Waals surface area contributed by atoms with Crippen molar-refractivity contribution in [2.75, 3.05) is 0 Å². The highest BCUT2D eigenvalue weighted by Gasteiger charge is 2.23.